The number of rotatable bonds is 3. The summed E-state index contributed by atoms with van der Waals surface area (Å²) in [4.78, 5) is 2.19. The minimum Gasteiger partial charge on any atom is -0.314 e. The fourth-order valence-corrected chi connectivity index (χ4v) is 2.28. The molecule has 1 aromatic rings. The van der Waals surface area contributed by atoms with Crippen molar-refractivity contribution in [2.75, 3.05) is 32.7 Å². The lowest BCUT2D eigenvalue weighted by Gasteiger charge is -2.33. The molecule has 1 heterocycles. The summed E-state index contributed by atoms with van der Waals surface area (Å²) in [6.07, 6.45) is 0. The first-order chi connectivity index (χ1) is 8.08. The first-order valence-electron chi connectivity index (χ1n) is 6.27. The van der Waals surface area contributed by atoms with E-state index in [1.54, 1.807) is 6.92 Å². The third-order valence-electron chi connectivity index (χ3n) is 3.38. The van der Waals surface area contributed by atoms with Crippen molar-refractivity contribution in [3.8, 4) is 0 Å². The van der Waals surface area contributed by atoms with Crippen LogP contribution >= 0.6 is 0 Å². The number of nitrogens with zero attached hydrogens (tertiary/aromatic N) is 1. The second kappa shape index (κ2) is 5.15. The van der Waals surface area contributed by atoms with E-state index in [0.717, 1.165) is 31.7 Å². The zero-order valence-corrected chi connectivity index (χ0v) is 10.7. The summed E-state index contributed by atoms with van der Waals surface area (Å²) in [5, 5.41) is 3.28. The van der Waals surface area contributed by atoms with E-state index >= 15 is 0 Å². The molecule has 94 valence electrons. The molecular formula is C14H21FN2. The molecule has 0 saturated carbocycles. The zero-order valence-electron chi connectivity index (χ0n) is 10.7. The second-order valence-corrected chi connectivity index (χ2v) is 5.09. The molecule has 0 aromatic heterocycles. The zero-order chi connectivity index (χ0) is 12.3. The monoisotopic (exact) mass is 236 g/mol. The van der Waals surface area contributed by atoms with Gasteiger partial charge in [0.2, 0.25) is 0 Å². The van der Waals surface area contributed by atoms with Gasteiger partial charge in [-0.1, -0.05) is 29.8 Å². The lowest BCUT2D eigenvalue weighted by Crippen LogP contribution is -2.47. The van der Waals surface area contributed by atoms with Crippen molar-refractivity contribution in [2.45, 2.75) is 19.5 Å². The van der Waals surface area contributed by atoms with Crippen molar-refractivity contribution in [3.63, 3.8) is 0 Å². The van der Waals surface area contributed by atoms with E-state index in [-0.39, 0.29) is 0 Å². The van der Waals surface area contributed by atoms with Crippen molar-refractivity contribution in [1.29, 1.82) is 0 Å². The molecule has 0 spiro atoms. The molecule has 1 atom stereocenters. The van der Waals surface area contributed by atoms with Gasteiger partial charge < -0.3 is 5.32 Å². The van der Waals surface area contributed by atoms with E-state index in [0.29, 0.717) is 6.54 Å². The topological polar surface area (TPSA) is 15.3 Å². The van der Waals surface area contributed by atoms with Crippen molar-refractivity contribution in [3.05, 3.63) is 35.4 Å². The Bertz CT molecular complexity index is 353. The highest BCUT2D eigenvalue weighted by Crippen LogP contribution is 2.27. The fourth-order valence-electron chi connectivity index (χ4n) is 2.28. The van der Waals surface area contributed by atoms with Crippen LogP contribution in [0.5, 0.6) is 0 Å². The summed E-state index contributed by atoms with van der Waals surface area (Å²) in [5.41, 5.74) is 0.693. The number of nitrogens with one attached hydrogen (secondary N) is 1. The fraction of sp³-hybridized carbons (Fsp3) is 0.571. The van der Waals surface area contributed by atoms with Crippen LogP contribution in [0, 0.1) is 6.92 Å². The van der Waals surface area contributed by atoms with Gasteiger partial charge >= 0.3 is 0 Å². The Morgan fingerprint density at radius 2 is 1.82 bits per heavy atom. The maximum atomic E-state index is 14.7. The number of aryl methyl sites for hydroxylation is 1. The highest BCUT2D eigenvalue weighted by molar-refractivity contribution is 5.26. The van der Waals surface area contributed by atoms with Crippen LogP contribution in [0.3, 0.4) is 0 Å². The molecule has 0 bridgehead atoms. The second-order valence-electron chi connectivity index (χ2n) is 5.09. The van der Waals surface area contributed by atoms with E-state index < -0.39 is 5.67 Å². The SMILES string of the molecule is Cc1ccc(C(C)(F)CN2CCNCC2)cc1. The van der Waals surface area contributed by atoms with E-state index in [1.165, 1.54) is 5.56 Å². The molecule has 0 aliphatic carbocycles. The Labute approximate surface area is 103 Å². The number of piperazine rings is 1. The summed E-state index contributed by atoms with van der Waals surface area (Å²) in [7, 11) is 0. The van der Waals surface area contributed by atoms with E-state index in [9.17, 15) is 4.39 Å². The predicted molar refractivity (Wildman–Crippen MR) is 68.9 cm³/mol. The Morgan fingerprint density at radius 1 is 1.24 bits per heavy atom. The minimum absolute atomic E-state index is 0.484. The summed E-state index contributed by atoms with van der Waals surface area (Å²) < 4.78 is 14.7. The lowest BCUT2D eigenvalue weighted by molar-refractivity contribution is 0.0992. The number of hydrogen-bond donors (Lipinski definition) is 1. The Balaban J connectivity index is 2.04. The normalized spacial score (nSPS) is 21.1. The molecule has 2 rings (SSSR count). The average Bonchev–Trinajstić information content (AvgIpc) is 2.30. The Kier molecular flexibility index (Phi) is 3.79. The van der Waals surface area contributed by atoms with Gasteiger partial charge in [-0.25, -0.2) is 4.39 Å². The van der Waals surface area contributed by atoms with Gasteiger partial charge in [0, 0.05) is 32.7 Å². The van der Waals surface area contributed by atoms with Crippen molar-refractivity contribution in [2.24, 2.45) is 0 Å². The molecule has 1 aliphatic rings. The van der Waals surface area contributed by atoms with Gasteiger partial charge in [0.15, 0.2) is 0 Å². The van der Waals surface area contributed by atoms with E-state index in [4.69, 9.17) is 0 Å². The minimum atomic E-state index is -1.26. The lowest BCUT2D eigenvalue weighted by atomic mass is 9.96. The summed E-state index contributed by atoms with van der Waals surface area (Å²) in [6, 6.07) is 7.75. The first-order valence-corrected chi connectivity index (χ1v) is 6.27. The van der Waals surface area contributed by atoms with Crippen LogP contribution in [-0.4, -0.2) is 37.6 Å². The van der Waals surface area contributed by atoms with Gasteiger partial charge in [-0.05, 0) is 19.4 Å². The molecule has 0 radical (unpaired) electrons. The smallest absolute Gasteiger partial charge is 0.145 e. The third kappa shape index (κ3) is 3.27. The summed E-state index contributed by atoms with van der Waals surface area (Å²) in [6.45, 7) is 7.98. The molecule has 2 nitrogen and oxygen atoms in total. The van der Waals surface area contributed by atoms with Crippen LogP contribution in [0.15, 0.2) is 24.3 Å². The van der Waals surface area contributed by atoms with Gasteiger partial charge in [0.25, 0.3) is 0 Å². The highest BCUT2D eigenvalue weighted by atomic mass is 19.1. The molecule has 1 N–H and O–H groups in total. The molecule has 1 aromatic carbocycles. The summed E-state index contributed by atoms with van der Waals surface area (Å²) in [5.74, 6) is 0. The quantitative estimate of drug-likeness (QED) is 0.864. The molecule has 1 fully saturated rings. The standard InChI is InChI=1S/C14H21FN2/c1-12-3-5-13(6-4-12)14(2,15)11-17-9-7-16-8-10-17/h3-6,16H,7-11H2,1-2H3. The van der Waals surface area contributed by atoms with Gasteiger partial charge in [0.1, 0.15) is 5.67 Å². The van der Waals surface area contributed by atoms with Gasteiger partial charge in [-0.3, -0.25) is 4.90 Å². The van der Waals surface area contributed by atoms with Crippen LogP contribution in [0.1, 0.15) is 18.1 Å². The molecule has 1 aliphatic heterocycles. The maximum Gasteiger partial charge on any atom is 0.145 e. The molecule has 0 amide bonds. The molecule has 3 heteroatoms. The molecule has 1 unspecified atom stereocenters. The predicted octanol–water partition coefficient (Wildman–Crippen LogP) is 2.08. The Morgan fingerprint density at radius 3 is 2.41 bits per heavy atom. The van der Waals surface area contributed by atoms with Crippen LogP contribution < -0.4 is 5.32 Å². The number of alkyl halides is 1. The highest BCUT2D eigenvalue weighted by Gasteiger charge is 2.29. The molecular weight excluding hydrogens is 215 g/mol. The van der Waals surface area contributed by atoms with Gasteiger partial charge in [-0.2, -0.15) is 0 Å². The van der Waals surface area contributed by atoms with Crippen LogP contribution in [-0.2, 0) is 5.67 Å². The van der Waals surface area contributed by atoms with Crippen LogP contribution in [0.2, 0.25) is 0 Å². The first kappa shape index (κ1) is 12.5. The van der Waals surface area contributed by atoms with Gasteiger partial charge in [-0.15, -0.1) is 0 Å². The third-order valence-corrected chi connectivity index (χ3v) is 3.38. The number of hydrogen-bond acceptors (Lipinski definition) is 2. The molecule has 1 saturated heterocycles. The average molecular weight is 236 g/mol. The number of halogens is 1. The van der Waals surface area contributed by atoms with Crippen LogP contribution in [0.4, 0.5) is 4.39 Å². The van der Waals surface area contributed by atoms with Crippen molar-refractivity contribution >= 4 is 0 Å². The number of benzene rings is 1. The Hall–Kier alpha value is -0.930. The van der Waals surface area contributed by atoms with Crippen LogP contribution in [0.25, 0.3) is 0 Å². The van der Waals surface area contributed by atoms with Gasteiger partial charge in [0.05, 0.1) is 0 Å². The van der Waals surface area contributed by atoms with Crippen molar-refractivity contribution < 1.29 is 4.39 Å². The summed E-state index contributed by atoms with van der Waals surface area (Å²) >= 11 is 0. The molecule has 17 heavy (non-hydrogen) atoms. The maximum absolute atomic E-state index is 14.7. The van der Waals surface area contributed by atoms with E-state index in [1.807, 2.05) is 31.2 Å². The van der Waals surface area contributed by atoms with E-state index in [2.05, 4.69) is 10.2 Å². The van der Waals surface area contributed by atoms with Crippen molar-refractivity contribution in [1.82, 2.24) is 10.2 Å². The largest absolute Gasteiger partial charge is 0.314 e.